The molecule has 10 aromatic carbocycles. The molecule has 0 bridgehead atoms. The summed E-state index contributed by atoms with van der Waals surface area (Å²) < 4.78 is 2.44. The summed E-state index contributed by atoms with van der Waals surface area (Å²) in [5.41, 5.74) is 24.3. The van der Waals surface area contributed by atoms with Gasteiger partial charge >= 0.3 is 0 Å². The van der Waals surface area contributed by atoms with Crippen LogP contribution in [0.5, 0.6) is 0 Å². The van der Waals surface area contributed by atoms with Crippen LogP contribution in [-0.4, -0.2) is 4.57 Å². The number of rotatable bonds is 5. The Bertz CT molecular complexity index is 3530. The monoisotopic (exact) mass is 803 g/mol. The standard InChI is InChI=1S/C62H45N/c1-61(2)53-18-10-8-16-49(53)51-29-27-41(35-55(51)61)45-32-44(33-46(34-45)42-28-30-52-50-17-9-11-19-54(50)62(3,4)56(52)36-42)38-21-23-39(24-22-38)47-31-43-26-25-40-13-12-20-57-59(40)60(43)58(37-47)63(57)48-14-6-5-7-15-48/h5-37H,1-4H3. The van der Waals surface area contributed by atoms with E-state index in [1.807, 2.05) is 0 Å². The molecule has 0 aliphatic heterocycles. The molecule has 0 saturated carbocycles. The summed E-state index contributed by atoms with van der Waals surface area (Å²) in [7, 11) is 0. The van der Waals surface area contributed by atoms with Crippen LogP contribution in [0, 0.1) is 0 Å². The highest BCUT2D eigenvalue weighted by atomic mass is 15.0. The van der Waals surface area contributed by atoms with Crippen LogP contribution in [0.25, 0.3) is 105 Å². The lowest BCUT2D eigenvalue weighted by molar-refractivity contribution is 0.660. The summed E-state index contributed by atoms with van der Waals surface area (Å²) in [6, 6.07) is 75.4. The van der Waals surface area contributed by atoms with E-state index in [9.17, 15) is 0 Å². The second kappa shape index (κ2) is 13.0. The van der Waals surface area contributed by atoms with Crippen LogP contribution < -0.4 is 0 Å². The number of para-hydroxylation sites is 1. The fourth-order valence-corrected chi connectivity index (χ4v) is 11.5. The second-order valence-electron chi connectivity index (χ2n) is 18.9. The van der Waals surface area contributed by atoms with Crippen molar-refractivity contribution in [3.05, 3.63) is 222 Å². The lowest BCUT2D eigenvalue weighted by Crippen LogP contribution is -2.15. The molecule has 1 heterocycles. The van der Waals surface area contributed by atoms with Gasteiger partial charge in [-0.25, -0.2) is 0 Å². The molecular formula is C62H45N. The van der Waals surface area contributed by atoms with E-state index in [1.165, 1.54) is 127 Å². The van der Waals surface area contributed by atoms with Crippen molar-refractivity contribution in [1.29, 1.82) is 0 Å². The van der Waals surface area contributed by atoms with Gasteiger partial charge in [-0.2, -0.15) is 0 Å². The number of hydrogen-bond donors (Lipinski definition) is 0. The Hall–Kier alpha value is -7.48. The van der Waals surface area contributed by atoms with Crippen LogP contribution in [0.3, 0.4) is 0 Å². The molecule has 1 aromatic heterocycles. The Balaban J connectivity index is 0.952. The molecule has 11 aromatic rings. The molecule has 63 heavy (non-hydrogen) atoms. The minimum Gasteiger partial charge on any atom is -0.309 e. The summed E-state index contributed by atoms with van der Waals surface area (Å²) in [4.78, 5) is 0. The Morgan fingerprint density at radius 3 is 1.33 bits per heavy atom. The maximum Gasteiger partial charge on any atom is 0.0553 e. The smallest absolute Gasteiger partial charge is 0.0553 e. The number of fused-ring (bicyclic) bond motifs is 6. The first-order chi connectivity index (χ1) is 30.7. The van der Waals surface area contributed by atoms with E-state index in [0.717, 1.165) is 0 Å². The van der Waals surface area contributed by atoms with Crippen LogP contribution in [0.2, 0.25) is 0 Å². The van der Waals surface area contributed by atoms with Gasteiger partial charge in [0.25, 0.3) is 0 Å². The van der Waals surface area contributed by atoms with Crippen molar-refractivity contribution in [1.82, 2.24) is 4.57 Å². The van der Waals surface area contributed by atoms with Gasteiger partial charge in [0.05, 0.1) is 11.0 Å². The van der Waals surface area contributed by atoms with Crippen LogP contribution in [-0.2, 0) is 10.8 Å². The normalized spacial score (nSPS) is 14.3. The number of benzene rings is 10. The maximum absolute atomic E-state index is 2.46. The van der Waals surface area contributed by atoms with Gasteiger partial charge in [0.15, 0.2) is 0 Å². The van der Waals surface area contributed by atoms with E-state index in [2.05, 4.69) is 232 Å². The van der Waals surface area contributed by atoms with Crippen molar-refractivity contribution < 1.29 is 0 Å². The number of nitrogens with zero attached hydrogens (tertiary/aromatic N) is 1. The van der Waals surface area contributed by atoms with Gasteiger partial charge in [-0.15, -0.1) is 0 Å². The second-order valence-corrected chi connectivity index (χ2v) is 18.9. The first-order valence-corrected chi connectivity index (χ1v) is 22.3. The molecule has 0 spiro atoms. The molecule has 0 saturated heterocycles. The molecule has 0 radical (unpaired) electrons. The first kappa shape index (κ1) is 36.2. The van der Waals surface area contributed by atoms with Gasteiger partial charge in [0.1, 0.15) is 0 Å². The van der Waals surface area contributed by atoms with Crippen molar-refractivity contribution in [3.63, 3.8) is 0 Å². The van der Waals surface area contributed by atoms with Gasteiger partial charge in [-0.3, -0.25) is 0 Å². The SMILES string of the molecule is CC1(C)c2ccccc2-c2ccc(-c3cc(-c4ccc(-c5cc6ccc7cccc8c7c6c(c5)n8-c5ccccc5)cc4)cc(-c4ccc5c(c4)C(C)(C)c4ccccc4-5)c3)cc21. The van der Waals surface area contributed by atoms with E-state index in [-0.39, 0.29) is 10.8 Å². The van der Waals surface area contributed by atoms with Crippen LogP contribution in [0.4, 0.5) is 0 Å². The first-order valence-electron chi connectivity index (χ1n) is 22.3. The molecule has 0 amide bonds. The number of aromatic nitrogens is 1. The van der Waals surface area contributed by atoms with Gasteiger partial charge in [0, 0.05) is 27.3 Å². The summed E-state index contributed by atoms with van der Waals surface area (Å²) in [5, 5.41) is 5.21. The highest BCUT2D eigenvalue weighted by Gasteiger charge is 2.36. The predicted octanol–water partition coefficient (Wildman–Crippen LogP) is 16.7. The van der Waals surface area contributed by atoms with E-state index >= 15 is 0 Å². The average Bonchev–Trinajstić information content (AvgIpc) is 3.88. The highest BCUT2D eigenvalue weighted by Crippen LogP contribution is 2.52. The third-order valence-electron chi connectivity index (χ3n) is 14.7. The van der Waals surface area contributed by atoms with E-state index in [4.69, 9.17) is 0 Å². The predicted molar refractivity (Wildman–Crippen MR) is 266 cm³/mol. The molecule has 13 rings (SSSR count). The van der Waals surface area contributed by atoms with Crippen molar-refractivity contribution in [3.8, 4) is 72.4 Å². The molecule has 2 aliphatic carbocycles. The zero-order chi connectivity index (χ0) is 42.2. The molecule has 0 atom stereocenters. The molecular weight excluding hydrogens is 759 g/mol. The van der Waals surface area contributed by atoms with Gasteiger partial charge in [-0.05, 0) is 160 Å². The average molecular weight is 804 g/mol. The topological polar surface area (TPSA) is 4.93 Å². The Morgan fingerprint density at radius 2 is 0.746 bits per heavy atom. The largest absolute Gasteiger partial charge is 0.309 e. The van der Waals surface area contributed by atoms with Crippen LogP contribution in [0.1, 0.15) is 49.9 Å². The summed E-state index contributed by atoms with van der Waals surface area (Å²) in [6.45, 7) is 9.49. The quantitative estimate of drug-likeness (QED) is 0.153. The molecule has 298 valence electrons. The minimum absolute atomic E-state index is 0.0756. The van der Waals surface area contributed by atoms with Crippen LogP contribution in [0.15, 0.2) is 200 Å². The third-order valence-corrected chi connectivity index (χ3v) is 14.7. The fourth-order valence-electron chi connectivity index (χ4n) is 11.5. The van der Waals surface area contributed by atoms with Crippen molar-refractivity contribution in [2.24, 2.45) is 0 Å². The lowest BCUT2D eigenvalue weighted by Gasteiger charge is -2.22. The van der Waals surface area contributed by atoms with Crippen molar-refractivity contribution >= 4 is 32.6 Å². The minimum atomic E-state index is -0.0756. The molecule has 0 fully saturated rings. The maximum atomic E-state index is 2.46. The Morgan fingerprint density at radius 1 is 0.286 bits per heavy atom. The van der Waals surface area contributed by atoms with Gasteiger partial charge in [-0.1, -0.05) is 167 Å². The molecule has 1 nitrogen and oxygen atoms in total. The Kier molecular flexibility index (Phi) is 7.48. The molecule has 1 heteroatoms. The third kappa shape index (κ3) is 5.23. The lowest BCUT2D eigenvalue weighted by atomic mass is 9.81. The summed E-state index contributed by atoms with van der Waals surface area (Å²) >= 11 is 0. The van der Waals surface area contributed by atoms with Gasteiger partial charge < -0.3 is 4.57 Å². The van der Waals surface area contributed by atoms with E-state index < -0.39 is 0 Å². The Labute approximate surface area is 368 Å². The highest BCUT2D eigenvalue weighted by molar-refractivity contribution is 6.25. The fraction of sp³-hybridized carbons (Fsp3) is 0.0968. The molecule has 0 N–H and O–H groups in total. The zero-order valence-electron chi connectivity index (χ0n) is 36.0. The molecule has 2 aliphatic rings. The summed E-state index contributed by atoms with van der Waals surface area (Å²) in [6.07, 6.45) is 0. The van der Waals surface area contributed by atoms with E-state index in [1.54, 1.807) is 0 Å². The number of hydrogen-bond acceptors (Lipinski definition) is 0. The summed E-state index contributed by atoms with van der Waals surface area (Å²) in [5.74, 6) is 0. The van der Waals surface area contributed by atoms with E-state index in [0.29, 0.717) is 0 Å². The van der Waals surface area contributed by atoms with Crippen molar-refractivity contribution in [2.45, 2.75) is 38.5 Å². The van der Waals surface area contributed by atoms with Gasteiger partial charge in [0.2, 0.25) is 0 Å². The molecule has 0 unspecified atom stereocenters. The zero-order valence-corrected chi connectivity index (χ0v) is 36.0. The van der Waals surface area contributed by atoms with Crippen LogP contribution >= 0.6 is 0 Å². The van der Waals surface area contributed by atoms with Crippen molar-refractivity contribution in [2.75, 3.05) is 0 Å².